The molecule has 0 aromatic rings. The summed E-state index contributed by atoms with van der Waals surface area (Å²) >= 11 is 0. The lowest BCUT2D eigenvalue weighted by atomic mass is 11.4. The molecule has 38 valence electrons. The van der Waals surface area contributed by atoms with Crippen LogP contribution in [0.25, 0.3) is 0 Å². The van der Waals surface area contributed by atoms with Gasteiger partial charge in [0.15, 0.2) is 0 Å². The highest BCUT2D eigenvalue weighted by Gasteiger charge is 1.80. The molecule has 0 heterocycles. The first-order valence-corrected chi connectivity index (χ1v) is 2.70. The molecule has 5 heteroatoms. The smallest absolute Gasteiger partial charge is 0.257 e. The highest BCUT2D eigenvalue weighted by molar-refractivity contribution is 7.35. The first-order chi connectivity index (χ1) is 2.77. The molecule has 0 radical (unpaired) electrons. The van der Waals surface area contributed by atoms with E-state index in [0.717, 1.165) is 0 Å². The Morgan fingerprint density at radius 2 is 2.33 bits per heavy atom. The zero-order chi connectivity index (χ0) is 4.99. The van der Waals surface area contributed by atoms with E-state index in [1.165, 1.54) is 0 Å². The average molecular weight is 111 g/mol. The average Bonchev–Trinajstić information content (AvgIpc) is 1.35. The van der Waals surface area contributed by atoms with Gasteiger partial charge in [0, 0.05) is 0 Å². The fourth-order valence-electron chi connectivity index (χ4n) is 0.0676. The maximum atomic E-state index is 9.51. The summed E-state index contributed by atoms with van der Waals surface area (Å²) in [6.45, 7) is -0.436. The highest BCUT2D eigenvalue weighted by Crippen LogP contribution is 2.00. The van der Waals surface area contributed by atoms with Gasteiger partial charge >= 0.3 is 0 Å². The molecule has 3 N–H and O–H groups in total. The lowest BCUT2D eigenvalue weighted by Crippen LogP contribution is -2.01. The van der Waals surface area contributed by atoms with Crippen molar-refractivity contribution in [2.75, 3.05) is 6.73 Å². The zero-order valence-electron chi connectivity index (χ0n) is 3.01. The van der Waals surface area contributed by atoms with E-state index in [0.29, 0.717) is 0 Å². The Balaban J connectivity index is 2.83. The van der Waals surface area contributed by atoms with Crippen molar-refractivity contribution in [2.24, 2.45) is 0 Å². The molecule has 0 aromatic heterocycles. The van der Waals surface area contributed by atoms with E-state index in [1.807, 2.05) is 5.09 Å². The van der Waals surface area contributed by atoms with Gasteiger partial charge in [-0.2, -0.15) is 0 Å². The van der Waals surface area contributed by atoms with E-state index in [-0.39, 0.29) is 0 Å². The monoisotopic (exact) mass is 111 g/mol. The van der Waals surface area contributed by atoms with E-state index in [9.17, 15) is 4.57 Å². The molecule has 1 unspecified atom stereocenters. The molecule has 1 atom stereocenters. The third-order valence-electron chi connectivity index (χ3n) is 0.230. The van der Waals surface area contributed by atoms with E-state index >= 15 is 0 Å². The summed E-state index contributed by atoms with van der Waals surface area (Å²) in [4.78, 5) is 7.83. The number of nitrogens with one attached hydrogen (secondary N) is 1. The van der Waals surface area contributed by atoms with Gasteiger partial charge in [0.25, 0.3) is 8.18 Å². The molecule has 0 aliphatic rings. The van der Waals surface area contributed by atoms with Crippen LogP contribution in [0, 0.1) is 0 Å². The molecule has 0 aliphatic heterocycles. The second kappa shape index (κ2) is 3.31. The minimum Gasteiger partial charge on any atom is -0.381 e. The van der Waals surface area contributed by atoms with Gasteiger partial charge in [-0.1, -0.05) is 0 Å². The van der Waals surface area contributed by atoms with Crippen LogP contribution in [-0.2, 0) is 4.57 Å². The highest BCUT2D eigenvalue weighted by atomic mass is 31.1. The Morgan fingerprint density at radius 3 is 2.33 bits per heavy atom. The summed E-state index contributed by atoms with van der Waals surface area (Å²) < 4.78 is 9.51. The molecule has 0 aliphatic carbocycles. The molecule has 6 heavy (non-hydrogen) atoms. The Hall–Kier alpha value is 0.110. The van der Waals surface area contributed by atoms with Crippen LogP contribution in [0.5, 0.6) is 0 Å². The fraction of sp³-hybridized carbons (Fsp3) is 1.00. The van der Waals surface area contributed by atoms with E-state index < -0.39 is 14.9 Å². The van der Waals surface area contributed by atoms with Crippen molar-refractivity contribution in [1.29, 1.82) is 0 Å². The second-order valence-electron chi connectivity index (χ2n) is 0.640. The van der Waals surface area contributed by atoms with Gasteiger partial charge in [0.05, 0.1) is 0 Å². The van der Waals surface area contributed by atoms with Gasteiger partial charge < -0.3 is 10.00 Å². The predicted octanol–water partition coefficient (Wildman–Crippen LogP) is -1.09. The third-order valence-corrected chi connectivity index (χ3v) is 0.691. The number of hydrogen-bond acceptors (Lipinski definition) is 2. The maximum Gasteiger partial charge on any atom is 0.257 e. The summed E-state index contributed by atoms with van der Waals surface area (Å²) in [6, 6.07) is 0. The van der Waals surface area contributed by atoms with Crippen LogP contribution in [0.2, 0.25) is 0 Å². The van der Waals surface area contributed by atoms with Gasteiger partial charge in [0.1, 0.15) is 6.73 Å². The molecule has 0 saturated carbocycles. The molecule has 4 nitrogen and oxygen atoms in total. The minimum atomic E-state index is -2.64. The Morgan fingerprint density at radius 1 is 1.83 bits per heavy atom. The number of aliphatic hydroxyl groups is 1. The number of aliphatic hydroxyl groups excluding tert-OH is 1. The first-order valence-electron chi connectivity index (χ1n) is 1.35. The van der Waals surface area contributed by atoms with Crippen LogP contribution in [-0.4, -0.2) is 16.7 Å². The molecular formula is CH6NO3P. The first kappa shape index (κ1) is 6.11. The summed E-state index contributed by atoms with van der Waals surface area (Å²) in [5, 5.41) is 9.66. The Labute approximate surface area is 35.7 Å². The van der Waals surface area contributed by atoms with Crippen molar-refractivity contribution in [3.63, 3.8) is 0 Å². The van der Waals surface area contributed by atoms with Crippen LogP contribution in [0.15, 0.2) is 0 Å². The van der Waals surface area contributed by atoms with Crippen molar-refractivity contribution in [2.45, 2.75) is 0 Å². The zero-order valence-corrected chi connectivity index (χ0v) is 4.01. The molecule has 0 amide bonds. The van der Waals surface area contributed by atoms with Gasteiger partial charge in [-0.3, -0.25) is 4.57 Å². The third kappa shape index (κ3) is 4.11. The quantitative estimate of drug-likeness (QED) is 0.312. The Kier molecular flexibility index (Phi) is 3.37. The summed E-state index contributed by atoms with van der Waals surface area (Å²) in [5.74, 6) is 0. The van der Waals surface area contributed by atoms with Crippen molar-refractivity contribution in [3.05, 3.63) is 0 Å². The van der Waals surface area contributed by atoms with E-state index in [1.54, 1.807) is 0 Å². The minimum absolute atomic E-state index is 0.436. The molecule has 0 aromatic carbocycles. The van der Waals surface area contributed by atoms with E-state index in [4.69, 9.17) is 10.00 Å². The standard InChI is InChI=1S/CH6NO3P/c3-1-2-6(4)5/h3,6H,1H2,(H2,2,4,5). The lowest BCUT2D eigenvalue weighted by Gasteiger charge is -1.86. The van der Waals surface area contributed by atoms with Crippen molar-refractivity contribution in [1.82, 2.24) is 5.09 Å². The number of rotatable bonds is 2. The van der Waals surface area contributed by atoms with Crippen molar-refractivity contribution in [3.8, 4) is 0 Å². The Bertz CT molecular complexity index is 54.8. The lowest BCUT2D eigenvalue weighted by molar-refractivity contribution is 0.284. The fourth-order valence-corrected chi connectivity index (χ4v) is 0.203. The summed E-state index contributed by atoms with van der Waals surface area (Å²) in [6.07, 6.45) is 0. The van der Waals surface area contributed by atoms with Gasteiger partial charge in [-0.05, 0) is 0 Å². The van der Waals surface area contributed by atoms with Gasteiger partial charge in [0.2, 0.25) is 0 Å². The van der Waals surface area contributed by atoms with Crippen LogP contribution in [0.4, 0.5) is 0 Å². The molecule has 0 rings (SSSR count). The SMILES string of the molecule is O=[PH](O)NCO. The predicted molar refractivity (Wildman–Crippen MR) is 21.4 cm³/mol. The van der Waals surface area contributed by atoms with Gasteiger partial charge in [-0.15, -0.1) is 0 Å². The molecule has 0 bridgehead atoms. The normalized spacial score (nSPS) is 14.3. The molecular weight excluding hydrogens is 105 g/mol. The maximum absolute atomic E-state index is 9.51. The van der Waals surface area contributed by atoms with Crippen molar-refractivity contribution < 1.29 is 14.6 Å². The van der Waals surface area contributed by atoms with Crippen LogP contribution >= 0.6 is 8.18 Å². The molecule has 0 saturated heterocycles. The topological polar surface area (TPSA) is 69.6 Å². The van der Waals surface area contributed by atoms with Crippen LogP contribution in [0.3, 0.4) is 0 Å². The van der Waals surface area contributed by atoms with Crippen LogP contribution in [0.1, 0.15) is 0 Å². The van der Waals surface area contributed by atoms with Crippen LogP contribution < -0.4 is 5.09 Å². The summed E-state index contributed by atoms with van der Waals surface area (Å²) in [5.41, 5.74) is 0. The van der Waals surface area contributed by atoms with E-state index in [2.05, 4.69) is 0 Å². The molecule has 0 spiro atoms. The number of hydrogen-bond donors (Lipinski definition) is 3. The largest absolute Gasteiger partial charge is 0.381 e. The summed E-state index contributed by atoms with van der Waals surface area (Å²) in [7, 11) is -2.64. The molecule has 0 fully saturated rings. The second-order valence-corrected chi connectivity index (χ2v) is 1.60. The van der Waals surface area contributed by atoms with Crippen molar-refractivity contribution >= 4 is 8.18 Å². The van der Waals surface area contributed by atoms with Gasteiger partial charge in [-0.25, -0.2) is 5.09 Å².